The van der Waals surface area contributed by atoms with E-state index in [0.717, 1.165) is 5.56 Å². The highest BCUT2D eigenvalue weighted by Crippen LogP contribution is 2.20. The van der Waals surface area contributed by atoms with Gasteiger partial charge in [-0.25, -0.2) is 8.42 Å². The van der Waals surface area contributed by atoms with E-state index in [1.54, 1.807) is 31.3 Å². The molecule has 1 aromatic heterocycles. The van der Waals surface area contributed by atoms with Crippen LogP contribution in [-0.4, -0.2) is 26.8 Å². The number of furan rings is 1. The van der Waals surface area contributed by atoms with E-state index in [1.165, 1.54) is 17.4 Å². The molecular formula is C14H17ClN2O3S. The maximum Gasteiger partial charge on any atom is 0.276 e. The molecule has 0 radical (unpaired) electrons. The maximum atomic E-state index is 12.4. The van der Waals surface area contributed by atoms with Crippen molar-refractivity contribution in [3.05, 3.63) is 52.7 Å². The molecule has 0 spiro atoms. The smallest absolute Gasteiger partial charge is 0.276 e. The van der Waals surface area contributed by atoms with Crippen molar-refractivity contribution >= 4 is 21.6 Å². The molecule has 0 saturated carbocycles. The highest BCUT2D eigenvalue weighted by molar-refractivity contribution is 7.88. The molecule has 1 heterocycles. The lowest BCUT2D eigenvalue weighted by Gasteiger charge is -2.15. The number of hydrogen-bond donors (Lipinski definition) is 1. The lowest BCUT2D eigenvalue weighted by molar-refractivity contribution is 0.382. The SMILES string of the molecule is CNCc1ccc(S(=O)(=O)N(C)Cc2cccc(Cl)c2)o1. The molecule has 0 amide bonds. The zero-order valence-electron chi connectivity index (χ0n) is 11.8. The molecule has 0 fully saturated rings. The van der Waals surface area contributed by atoms with Crippen LogP contribution in [0, 0.1) is 0 Å². The molecule has 0 unspecified atom stereocenters. The van der Waals surface area contributed by atoms with Crippen molar-refractivity contribution < 1.29 is 12.8 Å². The fourth-order valence-electron chi connectivity index (χ4n) is 1.90. The normalized spacial score (nSPS) is 12.0. The summed E-state index contributed by atoms with van der Waals surface area (Å²) in [7, 11) is -0.375. The topological polar surface area (TPSA) is 62.6 Å². The Bertz CT molecular complexity index is 713. The lowest BCUT2D eigenvalue weighted by Crippen LogP contribution is -2.26. The van der Waals surface area contributed by atoms with Gasteiger partial charge in [-0.1, -0.05) is 23.7 Å². The second kappa shape index (κ2) is 6.62. The van der Waals surface area contributed by atoms with Crippen LogP contribution in [0.2, 0.25) is 5.02 Å². The molecule has 21 heavy (non-hydrogen) atoms. The third-order valence-corrected chi connectivity index (χ3v) is 4.86. The Kier molecular flexibility index (Phi) is 5.05. The van der Waals surface area contributed by atoms with Crippen molar-refractivity contribution in [3.8, 4) is 0 Å². The van der Waals surface area contributed by atoms with Gasteiger partial charge in [0.1, 0.15) is 5.76 Å². The van der Waals surface area contributed by atoms with E-state index in [2.05, 4.69) is 5.32 Å². The van der Waals surface area contributed by atoms with Gasteiger partial charge in [-0.2, -0.15) is 4.31 Å². The second-order valence-corrected chi connectivity index (χ2v) is 7.05. The van der Waals surface area contributed by atoms with Crippen molar-refractivity contribution in [2.45, 2.75) is 18.2 Å². The Morgan fingerprint density at radius 3 is 2.71 bits per heavy atom. The van der Waals surface area contributed by atoms with E-state index in [9.17, 15) is 8.42 Å². The second-order valence-electron chi connectivity index (χ2n) is 4.64. The zero-order chi connectivity index (χ0) is 15.5. The molecule has 0 bridgehead atoms. The maximum absolute atomic E-state index is 12.4. The Hall–Kier alpha value is -1.34. The minimum atomic E-state index is -3.65. The largest absolute Gasteiger partial charge is 0.447 e. The number of nitrogens with zero attached hydrogens (tertiary/aromatic N) is 1. The van der Waals surface area contributed by atoms with Gasteiger partial charge in [-0.3, -0.25) is 0 Å². The minimum Gasteiger partial charge on any atom is -0.447 e. The first-order valence-corrected chi connectivity index (χ1v) is 8.19. The van der Waals surface area contributed by atoms with Crippen LogP contribution >= 0.6 is 11.6 Å². The van der Waals surface area contributed by atoms with Crippen LogP contribution in [0.25, 0.3) is 0 Å². The van der Waals surface area contributed by atoms with Crippen molar-refractivity contribution in [1.29, 1.82) is 0 Å². The average Bonchev–Trinajstić information content (AvgIpc) is 2.88. The van der Waals surface area contributed by atoms with E-state index < -0.39 is 10.0 Å². The summed E-state index contributed by atoms with van der Waals surface area (Å²) in [5.74, 6) is 0.576. The number of rotatable bonds is 6. The Balaban J connectivity index is 2.17. The summed E-state index contributed by atoms with van der Waals surface area (Å²) in [6, 6.07) is 10.2. The number of benzene rings is 1. The van der Waals surface area contributed by atoms with Crippen LogP contribution in [0.1, 0.15) is 11.3 Å². The molecule has 0 aliphatic carbocycles. The number of sulfonamides is 1. The number of hydrogen-bond acceptors (Lipinski definition) is 4. The molecule has 0 aliphatic rings. The first-order chi connectivity index (χ1) is 9.93. The van der Waals surface area contributed by atoms with Crippen LogP contribution in [0.15, 0.2) is 45.9 Å². The summed E-state index contributed by atoms with van der Waals surface area (Å²) in [5.41, 5.74) is 0.815. The summed E-state index contributed by atoms with van der Waals surface area (Å²) < 4.78 is 31.4. The molecule has 5 nitrogen and oxygen atoms in total. The monoisotopic (exact) mass is 328 g/mol. The van der Waals surface area contributed by atoms with Crippen molar-refractivity contribution in [3.63, 3.8) is 0 Å². The predicted octanol–water partition coefficient (Wildman–Crippen LogP) is 2.47. The van der Waals surface area contributed by atoms with Gasteiger partial charge in [0, 0.05) is 18.6 Å². The minimum absolute atomic E-state index is 0.0581. The molecule has 7 heteroatoms. The number of nitrogens with one attached hydrogen (secondary N) is 1. The molecule has 2 aromatic rings. The predicted molar refractivity (Wildman–Crippen MR) is 81.6 cm³/mol. The Morgan fingerprint density at radius 2 is 2.05 bits per heavy atom. The molecule has 114 valence electrons. The van der Waals surface area contributed by atoms with Gasteiger partial charge in [-0.05, 0) is 36.9 Å². The summed E-state index contributed by atoms with van der Waals surface area (Å²) in [6.07, 6.45) is 0. The van der Waals surface area contributed by atoms with Crippen molar-refractivity contribution in [2.75, 3.05) is 14.1 Å². The summed E-state index contributed by atoms with van der Waals surface area (Å²) in [4.78, 5) is 0. The quantitative estimate of drug-likeness (QED) is 0.885. The molecule has 0 saturated heterocycles. The van der Waals surface area contributed by atoms with E-state index in [0.29, 0.717) is 17.3 Å². The van der Waals surface area contributed by atoms with Crippen LogP contribution in [0.5, 0.6) is 0 Å². The fraction of sp³-hybridized carbons (Fsp3) is 0.286. The molecular weight excluding hydrogens is 312 g/mol. The van der Waals surface area contributed by atoms with E-state index in [1.807, 2.05) is 6.07 Å². The first kappa shape index (κ1) is 16.0. The lowest BCUT2D eigenvalue weighted by atomic mass is 10.2. The zero-order valence-corrected chi connectivity index (χ0v) is 13.4. The highest BCUT2D eigenvalue weighted by Gasteiger charge is 2.24. The number of halogens is 1. The molecule has 1 N–H and O–H groups in total. The fourth-order valence-corrected chi connectivity index (χ4v) is 3.19. The van der Waals surface area contributed by atoms with E-state index in [-0.39, 0.29) is 11.6 Å². The summed E-state index contributed by atoms with van der Waals surface area (Å²) in [5, 5.41) is 3.43. The van der Waals surface area contributed by atoms with Crippen LogP contribution in [-0.2, 0) is 23.1 Å². The first-order valence-electron chi connectivity index (χ1n) is 6.37. The van der Waals surface area contributed by atoms with Crippen LogP contribution in [0.3, 0.4) is 0 Å². The highest BCUT2D eigenvalue weighted by atomic mass is 35.5. The summed E-state index contributed by atoms with van der Waals surface area (Å²) in [6.45, 7) is 0.707. The Labute approximate surface area is 129 Å². The van der Waals surface area contributed by atoms with Gasteiger partial charge < -0.3 is 9.73 Å². The van der Waals surface area contributed by atoms with Gasteiger partial charge in [0.15, 0.2) is 0 Å². The molecule has 2 rings (SSSR count). The molecule has 0 atom stereocenters. The third kappa shape index (κ3) is 3.85. The van der Waals surface area contributed by atoms with Crippen molar-refractivity contribution in [1.82, 2.24) is 9.62 Å². The van der Waals surface area contributed by atoms with Crippen LogP contribution in [0.4, 0.5) is 0 Å². The Morgan fingerprint density at radius 1 is 1.29 bits per heavy atom. The molecule has 1 aromatic carbocycles. The van der Waals surface area contributed by atoms with Crippen LogP contribution < -0.4 is 5.32 Å². The standard InChI is InChI=1S/C14H17ClN2O3S/c1-16-9-13-6-7-14(20-13)21(18,19)17(2)10-11-4-3-5-12(15)8-11/h3-8,16H,9-10H2,1-2H3. The molecule has 0 aliphatic heterocycles. The average molecular weight is 329 g/mol. The van der Waals surface area contributed by atoms with Gasteiger partial charge in [0.25, 0.3) is 10.0 Å². The van der Waals surface area contributed by atoms with Gasteiger partial charge in [-0.15, -0.1) is 0 Å². The van der Waals surface area contributed by atoms with Gasteiger partial charge >= 0.3 is 0 Å². The van der Waals surface area contributed by atoms with E-state index in [4.69, 9.17) is 16.0 Å². The summed E-state index contributed by atoms with van der Waals surface area (Å²) >= 11 is 5.90. The third-order valence-electron chi connectivity index (χ3n) is 2.95. The van der Waals surface area contributed by atoms with Gasteiger partial charge in [0.2, 0.25) is 5.09 Å². The van der Waals surface area contributed by atoms with Gasteiger partial charge in [0.05, 0.1) is 6.54 Å². The van der Waals surface area contributed by atoms with Crippen molar-refractivity contribution in [2.24, 2.45) is 0 Å². The van der Waals surface area contributed by atoms with E-state index >= 15 is 0 Å².